The number of rotatable bonds is 4. The molecule has 3 rings (SSSR count). The van der Waals surface area contributed by atoms with Crippen molar-refractivity contribution >= 4 is 34.0 Å². The molecule has 0 saturated heterocycles. The van der Waals surface area contributed by atoms with E-state index >= 15 is 0 Å². The highest BCUT2D eigenvalue weighted by Crippen LogP contribution is 2.30. The largest absolute Gasteiger partial charge is 0.320 e. The minimum atomic E-state index is 0.263. The van der Waals surface area contributed by atoms with Crippen molar-refractivity contribution in [3.05, 3.63) is 46.2 Å². The topological polar surface area (TPSA) is 30.7 Å². The Morgan fingerprint density at radius 3 is 2.90 bits per heavy atom. The molecular formula is C15H16ClN3S. The van der Waals surface area contributed by atoms with Gasteiger partial charge in [-0.25, -0.2) is 4.98 Å². The normalized spacial score (nSPS) is 12.9. The summed E-state index contributed by atoms with van der Waals surface area (Å²) in [5.41, 5.74) is 2.06. The molecule has 0 saturated carbocycles. The zero-order valence-electron chi connectivity index (χ0n) is 11.5. The fraction of sp³-hybridized carbons (Fsp3) is 0.333. The lowest BCUT2D eigenvalue weighted by atomic mass is 10.2. The van der Waals surface area contributed by atoms with Crippen molar-refractivity contribution in [1.29, 1.82) is 0 Å². The summed E-state index contributed by atoms with van der Waals surface area (Å²) in [4.78, 5) is 11.5. The highest BCUT2D eigenvalue weighted by molar-refractivity contribution is 7.12. The summed E-state index contributed by atoms with van der Waals surface area (Å²) in [7, 11) is 0. The van der Waals surface area contributed by atoms with Crippen LogP contribution in [0.3, 0.4) is 0 Å². The molecule has 0 fully saturated rings. The van der Waals surface area contributed by atoms with Crippen molar-refractivity contribution in [1.82, 2.24) is 14.5 Å². The number of aryl methyl sites for hydroxylation is 2. The average molecular weight is 306 g/mol. The molecule has 20 heavy (non-hydrogen) atoms. The third-order valence-corrected chi connectivity index (χ3v) is 4.80. The number of halogens is 1. The second-order valence-electron chi connectivity index (χ2n) is 4.83. The molecule has 0 spiro atoms. The molecule has 0 aromatic carbocycles. The molecule has 0 amide bonds. The lowest BCUT2D eigenvalue weighted by Gasteiger charge is -2.16. The first-order valence-corrected chi connectivity index (χ1v) is 7.99. The summed E-state index contributed by atoms with van der Waals surface area (Å²) in [5.74, 6) is 1.61. The van der Waals surface area contributed by atoms with Crippen LogP contribution in [0.25, 0.3) is 11.0 Å². The predicted molar refractivity (Wildman–Crippen MR) is 84.8 cm³/mol. The van der Waals surface area contributed by atoms with E-state index in [9.17, 15) is 0 Å². The molecule has 1 unspecified atom stereocenters. The van der Waals surface area contributed by atoms with Crippen LogP contribution in [0.2, 0.25) is 0 Å². The van der Waals surface area contributed by atoms with Gasteiger partial charge < -0.3 is 4.57 Å². The molecule has 0 bridgehead atoms. The molecule has 0 radical (unpaired) electrons. The summed E-state index contributed by atoms with van der Waals surface area (Å²) >= 11 is 7.76. The average Bonchev–Trinajstić information content (AvgIpc) is 3.02. The Balaban J connectivity index is 2.15. The maximum atomic E-state index is 5.92. The van der Waals surface area contributed by atoms with Gasteiger partial charge >= 0.3 is 0 Å². The van der Waals surface area contributed by atoms with Gasteiger partial charge in [0.25, 0.3) is 0 Å². The number of hydrogen-bond acceptors (Lipinski definition) is 3. The van der Waals surface area contributed by atoms with Crippen molar-refractivity contribution in [3.8, 4) is 0 Å². The molecule has 3 aromatic heterocycles. The van der Waals surface area contributed by atoms with Crippen LogP contribution in [0.15, 0.2) is 30.6 Å². The number of nitrogens with zero attached hydrogens (tertiary/aromatic N) is 3. The number of thiophene rings is 1. The van der Waals surface area contributed by atoms with Crippen LogP contribution >= 0.6 is 22.9 Å². The number of aromatic nitrogens is 3. The third kappa shape index (κ3) is 2.34. The highest BCUT2D eigenvalue weighted by atomic mass is 35.5. The van der Waals surface area contributed by atoms with Crippen LogP contribution in [0.5, 0.6) is 0 Å². The van der Waals surface area contributed by atoms with Gasteiger partial charge in [0.15, 0.2) is 0 Å². The van der Waals surface area contributed by atoms with Crippen molar-refractivity contribution in [3.63, 3.8) is 0 Å². The Morgan fingerprint density at radius 1 is 1.35 bits per heavy atom. The molecule has 3 nitrogen and oxygen atoms in total. The maximum absolute atomic E-state index is 5.92. The first-order valence-electron chi connectivity index (χ1n) is 6.64. The van der Waals surface area contributed by atoms with E-state index in [2.05, 4.69) is 40.5 Å². The van der Waals surface area contributed by atoms with Gasteiger partial charge in [-0.2, -0.15) is 0 Å². The van der Waals surface area contributed by atoms with E-state index in [1.54, 1.807) is 0 Å². The number of fused-ring (bicyclic) bond motifs is 1. The van der Waals surface area contributed by atoms with E-state index in [0.29, 0.717) is 5.88 Å². The molecule has 104 valence electrons. The molecular weight excluding hydrogens is 290 g/mol. The zero-order valence-corrected chi connectivity index (χ0v) is 13.1. The lowest BCUT2D eigenvalue weighted by molar-refractivity contribution is 0.633. The van der Waals surface area contributed by atoms with Gasteiger partial charge in [-0.1, -0.05) is 0 Å². The van der Waals surface area contributed by atoms with E-state index in [0.717, 1.165) is 23.3 Å². The lowest BCUT2D eigenvalue weighted by Crippen LogP contribution is -2.10. The third-order valence-electron chi connectivity index (χ3n) is 3.44. The Hall–Kier alpha value is -1.39. The van der Waals surface area contributed by atoms with Crippen LogP contribution in [0.1, 0.15) is 28.5 Å². The van der Waals surface area contributed by atoms with E-state index < -0.39 is 0 Å². The molecule has 0 aliphatic carbocycles. The molecule has 0 N–H and O–H groups in total. The summed E-state index contributed by atoms with van der Waals surface area (Å²) in [6, 6.07) is 6.65. The van der Waals surface area contributed by atoms with Gasteiger partial charge in [0.1, 0.15) is 11.3 Å². The number of imidazole rings is 1. The smallest absolute Gasteiger partial charge is 0.111 e. The minimum absolute atomic E-state index is 0.263. The second-order valence-corrected chi connectivity index (χ2v) is 6.52. The summed E-state index contributed by atoms with van der Waals surface area (Å²) in [6.07, 6.45) is 4.40. The second kappa shape index (κ2) is 5.54. The SMILES string of the molecule is Cc1ccc(C(C)n2c(CCCl)nc3cnccc32)s1. The fourth-order valence-corrected chi connectivity index (χ4v) is 3.59. The Labute approximate surface area is 127 Å². The van der Waals surface area contributed by atoms with E-state index in [1.165, 1.54) is 9.75 Å². The summed E-state index contributed by atoms with van der Waals surface area (Å²) in [5, 5.41) is 0. The number of pyridine rings is 1. The molecule has 5 heteroatoms. The van der Waals surface area contributed by atoms with Gasteiger partial charge in [-0.3, -0.25) is 4.98 Å². The highest BCUT2D eigenvalue weighted by Gasteiger charge is 2.18. The molecule has 3 heterocycles. The maximum Gasteiger partial charge on any atom is 0.111 e. The van der Waals surface area contributed by atoms with E-state index in [4.69, 9.17) is 11.6 Å². The van der Waals surface area contributed by atoms with Gasteiger partial charge in [0.05, 0.1) is 17.8 Å². The van der Waals surface area contributed by atoms with Crippen LogP contribution in [-0.2, 0) is 6.42 Å². The molecule has 3 aromatic rings. The van der Waals surface area contributed by atoms with Crippen LogP contribution in [-0.4, -0.2) is 20.4 Å². The van der Waals surface area contributed by atoms with Crippen molar-refractivity contribution in [2.45, 2.75) is 26.3 Å². The molecule has 0 aliphatic heterocycles. The van der Waals surface area contributed by atoms with Crippen LogP contribution in [0, 0.1) is 6.92 Å². The molecule has 1 atom stereocenters. The Morgan fingerprint density at radius 2 is 2.20 bits per heavy atom. The predicted octanol–water partition coefficient (Wildman–Crippen LogP) is 4.19. The van der Waals surface area contributed by atoms with Crippen LogP contribution in [0.4, 0.5) is 0 Å². The van der Waals surface area contributed by atoms with E-state index in [-0.39, 0.29) is 6.04 Å². The van der Waals surface area contributed by atoms with Crippen molar-refractivity contribution in [2.75, 3.05) is 5.88 Å². The Kier molecular flexibility index (Phi) is 3.76. The van der Waals surface area contributed by atoms with Crippen molar-refractivity contribution < 1.29 is 0 Å². The standard InChI is InChI=1S/C15H16ClN3S/c1-10-3-4-14(20-10)11(2)19-13-6-8-17-9-12(13)18-15(19)5-7-16/h3-4,6,8-9,11H,5,7H2,1-2H3. The fourth-order valence-electron chi connectivity index (χ4n) is 2.50. The quantitative estimate of drug-likeness (QED) is 0.677. The number of alkyl halides is 1. The minimum Gasteiger partial charge on any atom is -0.320 e. The molecule has 0 aliphatic rings. The monoisotopic (exact) mass is 305 g/mol. The Bertz CT molecular complexity index is 732. The van der Waals surface area contributed by atoms with E-state index in [1.807, 2.05) is 29.8 Å². The van der Waals surface area contributed by atoms with Gasteiger partial charge in [-0.15, -0.1) is 22.9 Å². The summed E-state index contributed by atoms with van der Waals surface area (Å²) in [6.45, 7) is 4.35. The number of hydrogen-bond donors (Lipinski definition) is 0. The zero-order chi connectivity index (χ0) is 14.1. The van der Waals surface area contributed by atoms with Gasteiger partial charge in [-0.05, 0) is 32.0 Å². The van der Waals surface area contributed by atoms with Crippen molar-refractivity contribution in [2.24, 2.45) is 0 Å². The summed E-state index contributed by atoms with van der Waals surface area (Å²) < 4.78 is 2.28. The first-order chi connectivity index (χ1) is 9.70. The first kappa shape index (κ1) is 13.6. The van der Waals surface area contributed by atoms with Crippen LogP contribution < -0.4 is 0 Å². The van der Waals surface area contributed by atoms with Gasteiger partial charge in [0.2, 0.25) is 0 Å². The van der Waals surface area contributed by atoms with Gasteiger partial charge in [0, 0.05) is 28.3 Å².